The highest BCUT2D eigenvalue weighted by molar-refractivity contribution is 5.73. The zero-order chi connectivity index (χ0) is 24.1. The molecule has 0 rings (SSSR count). The smallest absolute Gasteiger partial charge is 0.359 e. The lowest BCUT2D eigenvalue weighted by atomic mass is 10.1. The van der Waals surface area contributed by atoms with Gasteiger partial charge in [-0.2, -0.15) is 0 Å². The molecule has 0 aromatic carbocycles. The first-order valence-electron chi connectivity index (χ1n) is 12.5. The Balaban J connectivity index is 3.85. The van der Waals surface area contributed by atoms with E-state index in [4.69, 9.17) is 15.3 Å². The summed E-state index contributed by atoms with van der Waals surface area (Å²) in [6.07, 6.45) is 22.1. The van der Waals surface area contributed by atoms with Gasteiger partial charge in [-0.1, -0.05) is 76.9 Å². The van der Waals surface area contributed by atoms with E-state index in [1.165, 1.54) is 64.2 Å². The Morgan fingerprint density at radius 1 is 0.562 bits per heavy atom. The first kappa shape index (κ1) is 30.1. The van der Waals surface area contributed by atoms with Crippen molar-refractivity contribution in [2.45, 2.75) is 103 Å². The summed E-state index contributed by atoms with van der Waals surface area (Å²) in [6, 6.07) is 0. The number of aliphatic carboxylic acids is 3. The molecule has 0 aromatic rings. The van der Waals surface area contributed by atoms with E-state index in [9.17, 15) is 14.4 Å². The lowest BCUT2D eigenvalue weighted by Crippen LogP contribution is -2.57. The van der Waals surface area contributed by atoms with Crippen LogP contribution in [0.5, 0.6) is 0 Å². The second-order valence-electron chi connectivity index (χ2n) is 9.01. The van der Waals surface area contributed by atoms with Gasteiger partial charge in [0, 0.05) is 0 Å². The average molecular weight is 457 g/mol. The second-order valence-corrected chi connectivity index (χ2v) is 9.01. The van der Waals surface area contributed by atoms with E-state index in [-0.39, 0.29) is 6.54 Å². The van der Waals surface area contributed by atoms with Gasteiger partial charge in [0.1, 0.15) is 0 Å². The van der Waals surface area contributed by atoms with Crippen molar-refractivity contribution >= 4 is 17.9 Å². The first-order valence-corrected chi connectivity index (χ1v) is 12.5. The van der Waals surface area contributed by atoms with Gasteiger partial charge in [0.25, 0.3) is 0 Å². The maximum Gasteiger partial charge on any atom is 0.359 e. The van der Waals surface area contributed by atoms with Gasteiger partial charge < -0.3 is 15.3 Å². The third-order valence-corrected chi connectivity index (χ3v) is 5.81. The number of carboxylic acids is 3. The van der Waals surface area contributed by atoms with Gasteiger partial charge in [-0.25, -0.2) is 14.4 Å². The number of rotatable bonds is 23. The Bertz CT molecular complexity index is 506. The summed E-state index contributed by atoms with van der Waals surface area (Å²) in [5, 5.41) is 27.3. The number of hydrogen-bond donors (Lipinski definition) is 3. The fraction of sp³-hybridized carbons (Fsp3) is 0.800. The summed E-state index contributed by atoms with van der Waals surface area (Å²) in [4.78, 5) is 33.5. The molecule has 0 atom stereocenters. The van der Waals surface area contributed by atoms with Crippen molar-refractivity contribution in [1.82, 2.24) is 0 Å². The van der Waals surface area contributed by atoms with Crippen molar-refractivity contribution in [3.05, 3.63) is 12.2 Å². The van der Waals surface area contributed by atoms with Crippen LogP contribution in [0.15, 0.2) is 12.2 Å². The van der Waals surface area contributed by atoms with Gasteiger partial charge in [0.2, 0.25) is 0 Å². The molecule has 0 saturated heterocycles. The Labute approximate surface area is 194 Å². The Kier molecular flexibility index (Phi) is 18.6. The quantitative estimate of drug-likeness (QED) is 0.107. The van der Waals surface area contributed by atoms with Crippen LogP contribution in [0.25, 0.3) is 0 Å². The van der Waals surface area contributed by atoms with E-state index in [2.05, 4.69) is 19.1 Å². The zero-order valence-corrected chi connectivity index (χ0v) is 20.1. The second kappa shape index (κ2) is 19.8. The topological polar surface area (TPSA) is 112 Å². The minimum absolute atomic E-state index is 0.260. The molecule has 32 heavy (non-hydrogen) atoms. The number of carbonyl (C=O) groups is 3. The van der Waals surface area contributed by atoms with Crippen molar-refractivity contribution in [3.8, 4) is 0 Å². The van der Waals surface area contributed by atoms with Gasteiger partial charge in [-0.05, 0) is 38.5 Å². The van der Waals surface area contributed by atoms with Crippen LogP contribution in [0.4, 0.5) is 0 Å². The first-order chi connectivity index (χ1) is 15.3. The number of allylic oxidation sites excluding steroid dienone is 2. The summed E-state index contributed by atoms with van der Waals surface area (Å²) in [5.41, 5.74) is 0. The average Bonchev–Trinajstić information content (AvgIpc) is 2.68. The van der Waals surface area contributed by atoms with E-state index in [1.807, 2.05) is 0 Å². The molecule has 0 saturated carbocycles. The Hall–Kier alpha value is -1.89. The number of nitrogens with zero attached hydrogens (tertiary/aromatic N) is 1. The Morgan fingerprint density at radius 3 is 1.28 bits per heavy atom. The van der Waals surface area contributed by atoms with Crippen LogP contribution < -0.4 is 0 Å². The summed E-state index contributed by atoms with van der Waals surface area (Å²) < 4.78 is -0.438. The third-order valence-electron chi connectivity index (χ3n) is 5.81. The highest BCUT2D eigenvalue weighted by Gasteiger charge is 2.35. The van der Waals surface area contributed by atoms with E-state index < -0.39 is 42.0 Å². The van der Waals surface area contributed by atoms with Gasteiger partial charge in [-0.3, -0.25) is 4.48 Å². The predicted molar refractivity (Wildman–Crippen MR) is 127 cm³/mol. The largest absolute Gasteiger partial charge is 0.477 e. The maximum atomic E-state index is 11.2. The highest BCUT2D eigenvalue weighted by Crippen LogP contribution is 2.14. The standard InChI is InChI=1S/C25H45NO6/c1-2-3-4-5-6-7-8-9-10-11-12-13-14-15-16-17-18-19-26(20-23(27)28,21-24(29)30)22-25(31)32/h8-9H,2-7,10-22H2,1H3,(H2-,27,28,29,30,31,32)/p+1/b9-8+. The molecule has 0 aromatic heterocycles. The van der Waals surface area contributed by atoms with Crippen molar-refractivity contribution in [3.63, 3.8) is 0 Å². The number of carboxylic acid groups (broad SMARTS) is 3. The van der Waals surface area contributed by atoms with E-state index >= 15 is 0 Å². The van der Waals surface area contributed by atoms with Crippen LogP contribution in [0.3, 0.4) is 0 Å². The van der Waals surface area contributed by atoms with Crippen LogP contribution >= 0.6 is 0 Å². The van der Waals surface area contributed by atoms with Crippen molar-refractivity contribution in [1.29, 1.82) is 0 Å². The summed E-state index contributed by atoms with van der Waals surface area (Å²) >= 11 is 0. The minimum Gasteiger partial charge on any atom is -0.477 e. The molecule has 0 bridgehead atoms. The van der Waals surface area contributed by atoms with Crippen LogP contribution in [0.2, 0.25) is 0 Å². The van der Waals surface area contributed by atoms with Crippen molar-refractivity contribution in [2.75, 3.05) is 26.2 Å². The molecule has 0 unspecified atom stereocenters. The van der Waals surface area contributed by atoms with Gasteiger partial charge >= 0.3 is 17.9 Å². The van der Waals surface area contributed by atoms with Crippen molar-refractivity contribution in [2.24, 2.45) is 0 Å². The fourth-order valence-corrected chi connectivity index (χ4v) is 4.14. The molecular weight excluding hydrogens is 410 g/mol. The zero-order valence-electron chi connectivity index (χ0n) is 20.1. The number of quaternary nitrogens is 1. The molecule has 0 aliphatic rings. The normalized spacial score (nSPS) is 11.8. The number of hydrogen-bond acceptors (Lipinski definition) is 3. The van der Waals surface area contributed by atoms with Gasteiger partial charge in [0.05, 0.1) is 6.54 Å². The molecule has 0 spiro atoms. The van der Waals surface area contributed by atoms with Crippen LogP contribution in [-0.2, 0) is 14.4 Å². The molecule has 0 heterocycles. The molecule has 7 nitrogen and oxygen atoms in total. The lowest BCUT2D eigenvalue weighted by Gasteiger charge is -2.34. The van der Waals surface area contributed by atoms with E-state index in [0.717, 1.165) is 25.7 Å². The molecule has 0 aliphatic heterocycles. The van der Waals surface area contributed by atoms with Crippen LogP contribution in [0, 0.1) is 0 Å². The van der Waals surface area contributed by atoms with Crippen molar-refractivity contribution < 1.29 is 34.2 Å². The minimum atomic E-state index is -1.17. The molecule has 186 valence electrons. The lowest BCUT2D eigenvalue weighted by molar-refractivity contribution is -0.907. The summed E-state index contributed by atoms with van der Waals surface area (Å²) in [5.74, 6) is -3.52. The fourth-order valence-electron chi connectivity index (χ4n) is 4.14. The number of unbranched alkanes of at least 4 members (excludes halogenated alkanes) is 13. The van der Waals surface area contributed by atoms with Crippen LogP contribution in [0.1, 0.15) is 103 Å². The SMILES string of the molecule is CCCCCCC/C=C/CCCCCCCCCC[N+](CC(=O)O)(CC(=O)O)CC(=O)O. The molecular formula is C25H46NO6+. The van der Waals surface area contributed by atoms with Gasteiger partial charge in [-0.15, -0.1) is 0 Å². The molecule has 0 amide bonds. The van der Waals surface area contributed by atoms with E-state index in [0.29, 0.717) is 6.42 Å². The van der Waals surface area contributed by atoms with Crippen LogP contribution in [-0.4, -0.2) is 63.9 Å². The summed E-state index contributed by atoms with van der Waals surface area (Å²) in [6.45, 7) is 1.06. The monoisotopic (exact) mass is 456 g/mol. The molecule has 7 heteroatoms. The third kappa shape index (κ3) is 18.8. The van der Waals surface area contributed by atoms with E-state index in [1.54, 1.807) is 0 Å². The molecule has 3 N–H and O–H groups in total. The Morgan fingerprint density at radius 2 is 0.906 bits per heavy atom. The predicted octanol–water partition coefficient (Wildman–Crippen LogP) is 5.48. The molecule has 0 radical (unpaired) electrons. The summed E-state index contributed by atoms with van der Waals surface area (Å²) in [7, 11) is 0. The maximum absolute atomic E-state index is 11.2. The molecule has 0 aliphatic carbocycles. The highest BCUT2D eigenvalue weighted by atomic mass is 16.4. The molecule has 0 fully saturated rings. The van der Waals surface area contributed by atoms with Gasteiger partial charge in [0.15, 0.2) is 19.6 Å².